The molecule has 7 nitrogen and oxygen atoms in total. The molecule has 0 radical (unpaired) electrons. The van der Waals surface area contributed by atoms with Gasteiger partial charge in [0.2, 0.25) is 5.95 Å². The third-order valence-corrected chi connectivity index (χ3v) is 6.71. The molecule has 0 saturated carbocycles. The van der Waals surface area contributed by atoms with Gasteiger partial charge in [-0.05, 0) is 54.1 Å². The van der Waals surface area contributed by atoms with Crippen LogP contribution in [-0.2, 0) is 6.18 Å². The zero-order chi connectivity index (χ0) is 29.6. The molecule has 2 amide bonds. The Morgan fingerprint density at radius 3 is 2.34 bits per heavy atom. The molecule has 2 heterocycles. The largest absolute Gasteiger partial charge is 0.416 e. The summed E-state index contributed by atoms with van der Waals surface area (Å²) >= 11 is 6.32. The lowest BCUT2D eigenvalue weighted by Crippen LogP contribution is -2.21. The van der Waals surface area contributed by atoms with Gasteiger partial charge in [0.25, 0.3) is 11.8 Å². The van der Waals surface area contributed by atoms with Crippen LogP contribution >= 0.6 is 11.6 Å². The maximum absolute atomic E-state index is 14.2. The topological polar surface area (TPSA) is 87.2 Å². The van der Waals surface area contributed by atoms with Crippen molar-refractivity contribution in [3.63, 3.8) is 0 Å². The third kappa shape index (κ3) is 5.55. The van der Waals surface area contributed by atoms with E-state index < -0.39 is 46.8 Å². The zero-order valence-electron chi connectivity index (χ0n) is 21.3. The van der Waals surface area contributed by atoms with Gasteiger partial charge in [-0.1, -0.05) is 11.6 Å². The van der Waals surface area contributed by atoms with Crippen LogP contribution in [0.15, 0.2) is 60.9 Å². The Hall–Kier alpha value is -4.58. The summed E-state index contributed by atoms with van der Waals surface area (Å²) in [5.74, 6) is -3.13. The first kappa shape index (κ1) is 28.0. The van der Waals surface area contributed by atoms with Crippen molar-refractivity contribution in [3.8, 4) is 11.1 Å². The van der Waals surface area contributed by atoms with E-state index in [-0.39, 0.29) is 33.5 Å². The molecule has 4 aromatic rings. The van der Waals surface area contributed by atoms with Crippen LogP contribution in [0.3, 0.4) is 0 Å². The summed E-state index contributed by atoms with van der Waals surface area (Å²) in [6.45, 7) is 0. The number of nitrogens with zero attached hydrogens (tertiary/aromatic N) is 3. The Bertz CT molecular complexity index is 1690. The highest BCUT2D eigenvalue weighted by Gasteiger charge is 2.36. The molecular weight excluding hydrogens is 569 g/mol. The van der Waals surface area contributed by atoms with Crippen molar-refractivity contribution in [1.29, 1.82) is 0 Å². The van der Waals surface area contributed by atoms with Crippen molar-refractivity contribution in [3.05, 3.63) is 105 Å². The molecule has 1 unspecified atom stereocenters. The Kier molecular flexibility index (Phi) is 7.12. The van der Waals surface area contributed by atoms with Crippen LogP contribution in [0.4, 0.5) is 33.6 Å². The summed E-state index contributed by atoms with van der Waals surface area (Å²) in [4.78, 5) is 36.5. The SMILES string of the molecule is CN(C)c1ncc(-c2cc(NC(=O)c3cc(F)cc(C(F)(F)F)c3)c3c(c2)C(=O)NC3c2cc(F)ccc2Cl)cn1. The van der Waals surface area contributed by atoms with E-state index in [4.69, 9.17) is 11.6 Å². The van der Waals surface area contributed by atoms with Gasteiger partial charge >= 0.3 is 6.18 Å². The number of benzene rings is 3. The average Bonchev–Trinajstić information content (AvgIpc) is 3.25. The second-order valence-corrected chi connectivity index (χ2v) is 9.81. The molecule has 2 N–H and O–H groups in total. The average molecular weight is 588 g/mol. The van der Waals surface area contributed by atoms with Gasteiger partial charge < -0.3 is 15.5 Å². The van der Waals surface area contributed by atoms with Gasteiger partial charge in [-0.3, -0.25) is 9.59 Å². The summed E-state index contributed by atoms with van der Waals surface area (Å²) in [5, 5.41) is 5.34. The number of rotatable bonds is 5. The summed E-state index contributed by atoms with van der Waals surface area (Å²) in [5.41, 5.74) is -0.632. The molecule has 0 bridgehead atoms. The highest BCUT2D eigenvalue weighted by atomic mass is 35.5. The number of anilines is 2. The number of amides is 2. The van der Waals surface area contributed by atoms with Gasteiger partial charge in [0.15, 0.2) is 0 Å². The Morgan fingerprint density at radius 1 is 0.976 bits per heavy atom. The van der Waals surface area contributed by atoms with Gasteiger partial charge in [-0.2, -0.15) is 13.2 Å². The number of nitrogens with one attached hydrogen (secondary N) is 2. The van der Waals surface area contributed by atoms with Crippen LogP contribution in [-0.4, -0.2) is 35.9 Å². The number of halogens is 6. The molecule has 210 valence electrons. The summed E-state index contributed by atoms with van der Waals surface area (Å²) in [7, 11) is 3.49. The molecule has 3 aromatic carbocycles. The molecule has 1 atom stereocenters. The smallest absolute Gasteiger partial charge is 0.347 e. The Morgan fingerprint density at radius 2 is 1.68 bits per heavy atom. The first-order valence-electron chi connectivity index (χ1n) is 11.9. The predicted octanol–water partition coefficient (Wildman–Crippen LogP) is 6.25. The number of hydrogen-bond donors (Lipinski definition) is 2. The van der Waals surface area contributed by atoms with E-state index in [9.17, 15) is 31.5 Å². The van der Waals surface area contributed by atoms with Crippen LogP contribution in [0.25, 0.3) is 11.1 Å². The fraction of sp³-hybridized carbons (Fsp3) is 0.143. The molecule has 5 rings (SSSR count). The lowest BCUT2D eigenvalue weighted by atomic mass is 9.93. The third-order valence-electron chi connectivity index (χ3n) is 6.36. The minimum absolute atomic E-state index is 0.000633. The summed E-state index contributed by atoms with van der Waals surface area (Å²) in [6, 6.07) is 6.98. The molecule has 41 heavy (non-hydrogen) atoms. The number of carbonyl (C=O) groups excluding carboxylic acids is 2. The lowest BCUT2D eigenvalue weighted by Gasteiger charge is -2.19. The highest BCUT2D eigenvalue weighted by Crippen LogP contribution is 2.42. The number of aromatic nitrogens is 2. The van der Waals surface area contributed by atoms with Gasteiger partial charge in [0.1, 0.15) is 11.6 Å². The van der Waals surface area contributed by atoms with Crippen LogP contribution in [0.2, 0.25) is 5.02 Å². The van der Waals surface area contributed by atoms with Crippen LogP contribution in [0, 0.1) is 11.6 Å². The standard InChI is InChI=1S/C28H19ClF5N5O2/c1-39(2)27-35-11-15(12-36-27)13-7-20-23(24(38-26(20)41)19-10-17(30)3-4-21(19)29)22(8-13)37-25(40)14-5-16(28(32,33)34)9-18(31)6-14/h3-12,24H,1-2H3,(H,37,40)(H,38,41). The molecule has 1 aromatic heterocycles. The van der Waals surface area contributed by atoms with E-state index in [0.29, 0.717) is 29.2 Å². The molecule has 13 heteroatoms. The van der Waals surface area contributed by atoms with E-state index in [1.807, 2.05) is 0 Å². The van der Waals surface area contributed by atoms with Crippen molar-refractivity contribution in [2.45, 2.75) is 12.2 Å². The Balaban J connectivity index is 1.65. The predicted molar refractivity (Wildman–Crippen MR) is 142 cm³/mol. The van der Waals surface area contributed by atoms with E-state index >= 15 is 0 Å². The van der Waals surface area contributed by atoms with Crippen molar-refractivity contribution in [2.75, 3.05) is 24.3 Å². The molecule has 1 aliphatic heterocycles. The molecule has 1 aliphatic rings. The van der Waals surface area contributed by atoms with Crippen LogP contribution in [0.1, 0.15) is 43.4 Å². The first-order chi connectivity index (χ1) is 19.3. The summed E-state index contributed by atoms with van der Waals surface area (Å²) < 4.78 is 68.1. The number of hydrogen-bond acceptors (Lipinski definition) is 5. The normalized spacial score (nSPS) is 14.4. The van der Waals surface area contributed by atoms with E-state index in [1.54, 1.807) is 19.0 Å². The maximum atomic E-state index is 14.2. The molecule has 0 aliphatic carbocycles. The maximum Gasteiger partial charge on any atom is 0.416 e. The number of carbonyl (C=O) groups is 2. The molecule has 0 spiro atoms. The van der Waals surface area contributed by atoms with E-state index in [1.165, 1.54) is 30.6 Å². The minimum atomic E-state index is -4.90. The fourth-order valence-corrected chi connectivity index (χ4v) is 4.68. The van der Waals surface area contributed by atoms with Gasteiger partial charge in [-0.15, -0.1) is 0 Å². The van der Waals surface area contributed by atoms with Crippen molar-refractivity contribution in [2.24, 2.45) is 0 Å². The van der Waals surface area contributed by atoms with E-state index in [0.717, 1.165) is 12.1 Å². The molecular formula is C28H19ClF5N5O2. The van der Waals surface area contributed by atoms with Gasteiger partial charge in [0.05, 0.1) is 11.6 Å². The number of fused-ring (bicyclic) bond motifs is 1. The highest BCUT2D eigenvalue weighted by molar-refractivity contribution is 6.31. The zero-order valence-corrected chi connectivity index (χ0v) is 22.0. The fourth-order valence-electron chi connectivity index (χ4n) is 4.45. The minimum Gasteiger partial charge on any atom is -0.347 e. The van der Waals surface area contributed by atoms with Crippen LogP contribution < -0.4 is 15.5 Å². The Labute approximate surface area is 235 Å². The number of alkyl halides is 3. The second kappa shape index (κ2) is 10.4. The lowest BCUT2D eigenvalue weighted by molar-refractivity contribution is -0.137. The van der Waals surface area contributed by atoms with Crippen molar-refractivity contribution in [1.82, 2.24) is 15.3 Å². The van der Waals surface area contributed by atoms with Crippen molar-refractivity contribution >= 4 is 35.1 Å². The quantitative estimate of drug-likeness (QED) is 0.270. The van der Waals surface area contributed by atoms with Gasteiger partial charge in [-0.25, -0.2) is 18.7 Å². The van der Waals surface area contributed by atoms with Crippen LogP contribution in [0.5, 0.6) is 0 Å². The summed E-state index contributed by atoms with van der Waals surface area (Å²) in [6.07, 6.45) is -1.91. The van der Waals surface area contributed by atoms with Crippen molar-refractivity contribution < 1.29 is 31.5 Å². The first-order valence-corrected chi connectivity index (χ1v) is 12.3. The van der Waals surface area contributed by atoms with E-state index in [2.05, 4.69) is 20.6 Å². The molecule has 0 fully saturated rings. The van der Waals surface area contributed by atoms with Gasteiger partial charge in [0, 0.05) is 65.0 Å². The second-order valence-electron chi connectivity index (χ2n) is 9.40. The monoisotopic (exact) mass is 587 g/mol. The molecule has 0 saturated heterocycles.